The summed E-state index contributed by atoms with van der Waals surface area (Å²) >= 11 is 0. The van der Waals surface area contributed by atoms with Crippen LogP contribution in [0.4, 0.5) is 17.5 Å². The molecule has 0 aliphatic heterocycles. The van der Waals surface area contributed by atoms with Crippen LogP contribution in [0.25, 0.3) is 0 Å². The first-order valence-corrected chi connectivity index (χ1v) is 7.09. The van der Waals surface area contributed by atoms with Crippen LogP contribution in [-0.2, 0) is 4.74 Å². The number of benzene rings is 1. The van der Waals surface area contributed by atoms with Gasteiger partial charge in [0.05, 0.1) is 18.4 Å². The van der Waals surface area contributed by atoms with Crippen LogP contribution in [0.3, 0.4) is 0 Å². The number of anilines is 3. The highest BCUT2D eigenvalue weighted by molar-refractivity contribution is 5.89. The van der Waals surface area contributed by atoms with Gasteiger partial charge in [-0.2, -0.15) is 10.1 Å². The number of nitrogens with zero attached hydrogens (tertiary/aromatic N) is 3. The molecule has 0 saturated carbocycles. The minimum atomic E-state index is -0.338. The molecule has 1 aromatic heterocycles. The van der Waals surface area contributed by atoms with E-state index in [-0.39, 0.29) is 12.0 Å². The van der Waals surface area contributed by atoms with Crippen molar-refractivity contribution >= 4 is 23.4 Å². The van der Waals surface area contributed by atoms with Gasteiger partial charge < -0.3 is 15.4 Å². The summed E-state index contributed by atoms with van der Waals surface area (Å²) in [5, 5.41) is 14.0. The predicted octanol–water partition coefficient (Wildman–Crippen LogP) is 2.61. The van der Waals surface area contributed by atoms with Crippen LogP contribution in [0.5, 0.6) is 0 Å². The molecule has 0 spiro atoms. The Hall–Kier alpha value is -2.70. The molecule has 1 heterocycles. The standard InChI is InChI=1S/C15H19N5O2/c1-4-22-14(21)11-5-7-12(8-6-11)18-15-19-13(9-16-20-15)17-10(2)3/h5-10H,4H2,1-3H3,(H2,17,18,19,20). The summed E-state index contributed by atoms with van der Waals surface area (Å²) < 4.78 is 4.94. The van der Waals surface area contributed by atoms with Crippen molar-refractivity contribution in [2.75, 3.05) is 17.2 Å². The molecule has 1 aromatic carbocycles. The highest BCUT2D eigenvalue weighted by Gasteiger charge is 2.07. The van der Waals surface area contributed by atoms with Crippen molar-refractivity contribution in [1.82, 2.24) is 15.2 Å². The maximum absolute atomic E-state index is 11.6. The Bertz CT molecular complexity index is 628. The average Bonchev–Trinajstić information content (AvgIpc) is 2.48. The van der Waals surface area contributed by atoms with E-state index in [1.807, 2.05) is 13.8 Å². The molecule has 0 aliphatic rings. The molecular weight excluding hydrogens is 282 g/mol. The molecule has 22 heavy (non-hydrogen) atoms. The molecule has 0 amide bonds. The van der Waals surface area contributed by atoms with E-state index in [0.717, 1.165) is 5.69 Å². The molecule has 0 fully saturated rings. The fourth-order valence-electron chi connectivity index (χ4n) is 1.75. The third-order valence-corrected chi connectivity index (χ3v) is 2.65. The number of hydrogen-bond donors (Lipinski definition) is 2. The molecular formula is C15H19N5O2. The number of aromatic nitrogens is 3. The Morgan fingerprint density at radius 1 is 1.27 bits per heavy atom. The van der Waals surface area contributed by atoms with Crippen molar-refractivity contribution in [1.29, 1.82) is 0 Å². The quantitative estimate of drug-likeness (QED) is 0.793. The van der Waals surface area contributed by atoms with E-state index in [2.05, 4.69) is 25.8 Å². The molecule has 0 radical (unpaired) electrons. The van der Waals surface area contributed by atoms with Crippen molar-refractivity contribution in [2.24, 2.45) is 0 Å². The molecule has 2 aromatic rings. The van der Waals surface area contributed by atoms with Gasteiger partial charge in [0.15, 0.2) is 5.82 Å². The molecule has 0 atom stereocenters. The van der Waals surface area contributed by atoms with Gasteiger partial charge in [0, 0.05) is 11.7 Å². The number of rotatable bonds is 6. The number of hydrogen-bond acceptors (Lipinski definition) is 7. The number of nitrogens with one attached hydrogen (secondary N) is 2. The lowest BCUT2D eigenvalue weighted by molar-refractivity contribution is 0.0526. The Labute approximate surface area is 129 Å². The lowest BCUT2D eigenvalue weighted by Gasteiger charge is -2.10. The average molecular weight is 301 g/mol. The van der Waals surface area contributed by atoms with Crippen LogP contribution in [-0.4, -0.2) is 33.8 Å². The molecule has 0 bridgehead atoms. The lowest BCUT2D eigenvalue weighted by atomic mass is 10.2. The Morgan fingerprint density at radius 2 is 2.00 bits per heavy atom. The van der Waals surface area contributed by atoms with E-state index in [1.54, 1.807) is 37.4 Å². The van der Waals surface area contributed by atoms with Gasteiger partial charge in [-0.05, 0) is 45.0 Å². The summed E-state index contributed by atoms with van der Waals surface area (Å²) in [5.74, 6) is 0.695. The summed E-state index contributed by atoms with van der Waals surface area (Å²) in [4.78, 5) is 15.9. The topological polar surface area (TPSA) is 89.0 Å². The van der Waals surface area contributed by atoms with E-state index < -0.39 is 0 Å². The zero-order valence-corrected chi connectivity index (χ0v) is 12.8. The van der Waals surface area contributed by atoms with E-state index in [4.69, 9.17) is 4.74 Å². The summed E-state index contributed by atoms with van der Waals surface area (Å²) in [5.41, 5.74) is 1.26. The summed E-state index contributed by atoms with van der Waals surface area (Å²) in [7, 11) is 0. The monoisotopic (exact) mass is 301 g/mol. The van der Waals surface area contributed by atoms with Gasteiger partial charge in [-0.15, -0.1) is 5.10 Å². The van der Waals surface area contributed by atoms with E-state index in [0.29, 0.717) is 23.9 Å². The van der Waals surface area contributed by atoms with Crippen molar-refractivity contribution in [3.63, 3.8) is 0 Å². The van der Waals surface area contributed by atoms with Crippen LogP contribution < -0.4 is 10.6 Å². The molecule has 116 valence electrons. The molecule has 7 heteroatoms. The molecule has 2 N–H and O–H groups in total. The lowest BCUT2D eigenvalue weighted by Crippen LogP contribution is -2.12. The van der Waals surface area contributed by atoms with Crippen molar-refractivity contribution in [3.8, 4) is 0 Å². The molecule has 2 rings (SSSR count). The fourth-order valence-corrected chi connectivity index (χ4v) is 1.75. The second kappa shape index (κ2) is 7.35. The van der Waals surface area contributed by atoms with Crippen molar-refractivity contribution in [2.45, 2.75) is 26.8 Å². The summed E-state index contributed by atoms with van der Waals surface area (Å²) in [6.45, 7) is 6.16. The van der Waals surface area contributed by atoms with Crippen LogP contribution in [0, 0.1) is 0 Å². The zero-order chi connectivity index (χ0) is 15.9. The smallest absolute Gasteiger partial charge is 0.338 e. The number of carbonyl (C=O) groups is 1. The molecule has 0 unspecified atom stereocenters. The first-order chi connectivity index (χ1) is 10.6. The zero-order valence-electron chi connectivity index (χ0n) is 12.8. The Morgan fingerprint density at radius 3 is 2.64 bits per heavy atom. The normalized spacial score (nSPS) is 10.4. The maximum Gasteiger partial charge on any atom is 0.338 e. The van der Waals surface area contributed by atoms with Crippen molar-refractivity contribution < 1.29 is 9.53 Å². The van der Waals surface area contributed by atoms with Gasteiger partial charge >= 0.3 is 5.97 Å². The van der Waals surface area contributed by atoms with E-state index >= 15 is 0 Å². The third-order valence-electron chi connectivity index (χ3n) is 2.65. The van der Waals surface area contributed by atoms with Gasteiger partial charge in [0.25, 0.3) is 0 Å². The van der Waals surface area contributed by atoms with Crippen LogP contribution in [0.2, 0.25) is 0 Å². The molecule has 7 nitrogen and oxygen atoms in total. The SMILES string of the molecule is CCOC(=O)c1ccc(Nc2nncc(NC(C)C)n2)cc1. The Balaban J connectivity index is 2.06. The third kappa shape index (κ3) is 4.41. The van der Waals surface area contributed by atoms with Crippen LogP contribution >= 0.6 is 0 Å². The minimum Gasteiger partial charge on any atom is -0.462 e. The first-order valence-electron chi connectivity index (χ1n) is 7.09. The Kier molecular flexibility index (Phi) is 5.24. The van der Waals surface area contributed by atoms with Gasteiger partial charge in [0.2, 0.25) is 5.95 Å². The van der Waals surface area contributed by atoms with E-state index in [9.17, 15) is 4.79 Å². The molecule has 0 aliphatic carbocycles. The van der Waals surface area contributed by atoms with Gasteiger partial charge in [-0.1, -0.05) is 0 Å². The van der Waals surface area contributed by atoms with Crippen molar-refractivity contribution in [3.05, 3.63) is 36.0 Å². The summed E-state index contributed by atoms with van der Waals surface area (Å²) in [6.07, 6.45) is 1.56. The second-order valence-corrected chi connectivity index (χ2v) is 4.89. The maximum atomic E-state index is 11.6. The van der Waals surface area contributed by atoms with Gasteiger partial charge in [0.1, 0.15) is 0 Å². The largest absolute Gasteiger partial charge is 0.462 e. The predicted molar refractivity (Wildman–Crippen MR) is 84.3 cm³/mol. The highest BCUT2D eigenvalue weighted by atomic mass is 16.5. The van der Waals surface area contributed by atoms with Crippen LogP contribution in [0.1, 0.15) is 31.1 Å². The van der Waals surface area contributed by atoms with Gasteiger partial charge in [-0.25, -0.2) is 4.79 Å². The van der Waals surface area contributed by atoms with Crippen LogP contribution in [0.15, 0.2) is 30.5 Å². The summed E-state index contributed by atoms with van der Waals surface area (Å²) in [6, 6.07) is 7.15. The second-order valence-electron chi connectivity index (χ2n) is 4.89. The number of esters is 1. The first kappa shape index (κ1) is 15.7. The minimum absolute atomic E-state index is 0.258. The fraction of sp³-hybridized carbons (Fsp3) is 0.333. The number of carbonyl (C=O) groups excluding carboxylic acids is 1. The molecule has 0 saturated heterocycles. The van der Waals surface area contributed by atoms with E-state index in [1.165, 1.54) is 0 Å². The highest BCUT2D eigenvalue weighted by Crippen LogP contribution is 2.15. The van der Waals surface area contributed by atoms with Gasteiger partial charge in [-0.3, -0.25) is 0 Å². The number of ether oxygens (including phenoxy) is 1.